The Morgan fingerprint density at radius 2 is 1.80 bits per heavy atom. The lowest BCUT2D eigenvalue weighted by Crippen LogP contribution is -2.71. The number of hydrogen-bond donors (Lipinski definition) is 1. The molecular weight excluding hydrogens is 536 g/mol. The van der Waals surface area contributed by atoms with Crippen molar-refractivity contribution in [2.24, 2.45) is 40.4 Å². The Morgan fingerprint density at radius 3 is 2.39 bits per heavy atom. The van der Waals surface area contributed by atoms with E-state index in [1.807, 2.05) is 27.7 Å². The first-order valence-corrected chi connectivity index (χ1v) is 14.4. The van der Waals surface area contributed by atoms with Crippen molar-refractivity contribution in [3.8, 4) is 6.07 Å². The van der Waals surface area contributed by atoms with Gasteiger partial charge in [0.1, 0.15) is 18.3 Å². The predicted octanol–water partition coefficient (Wildman–Crippen LogP) is 5.19. The maximum atomic E-state index is 17.5. The highest BCUT2D eigenvalue weighted by Gasteiger charge is 2.79. The van der Waals surface area contributed by atoms with Crippen LogP contribution in [0.5, 0.6) is 0 Å². The second-order valence-corrected chi connectivity index (χ2v) is 13.4. The predicted molar refractivity (Wildman–Crippen MR) is 144 cm³/mol. The van der Waals surface area contributed by atoms with E-state index >= 15 is 8.78 Å². The van der Waals surface area contributed by atoms with Gasteiger partial charge in [0, 0.05) is 22.7 Å². The van der Waals surface area contributed by atoms with Crippen LogP contribution in [-0.2, 0) is 23.8 Å². The van der Waals surface area contributed by atoms with E-state index in [-0.39, 0.29) is 36.7 Å². The molecule has 9 atom stereocenters. The van der Waals surface area contributed by atoms with E-state index in [1.165, 1.54) is 19.1 Å². The molecule has 0 aromatic carbocycles. The van der Waals surface area contributed by atoms with Gasteiger partial charge >= 0.3 is 12.1 Å². The summed E-state index contributed by atoms with van der Waals surface area (Å²) in [4.78, 5) is 39.2. The lowest BCUT2D eigenvalue weighted by molar-refractivity contribution is -0.234. The number of aliphatic hydroxyl groups is 1. The number of aliphatic hydroxyl groups excluding tert-OH is 1. The fourth-order valence-corrected chi connectivity index (χ4v) is 8.73. The minimum atomic E-state index is -2.37. The summed E-state index contributed by atoms with van der Waals surface area (Å²) in [5.74, 6) is -4.09. The number of alkyl halides is 2. The van der Waals surface area contributed by atoms with E-state index < -0.39 is 82.7 Å². The summed E-state index contributed by atoms with van der Waals surface area (Å²) < 4.78 is 50.2. The second-order valence-electron chi connectivity index (χ2n) is 13.4. The summed E-state index contributed by atoms with van der Waals surface area (Å²) in [6.45, 7) is 11.7. The number of fused-ring (bicyclic) bond motifs is 5. The van der Waals surface area contributed by atoms with Crippen molar-refractivity contribution in [1.82, 2.24) is 0 Å². The number of esters is 1. The molecule has 0 bridgehead atoms. The highest BCUT2D eigenvalue weighted by Crippen LogP contribution is 2.71. The smallest absolute Gasteiger partial charge is 0.447 e. The number of allylic oxidation sites excluding steroid dienone is 4. The van der Waals surface area contributed by atoms with Crippen LogP contribution in [0.3, 0.4) is 0 Å². The Labute approximate surface area is 240 Å². The molecular formula is C31H41F2NO7. The summed E-state index contributed by atoms with van der Waals surface area (Å²) >= 11 is 0. The zero-order valence-electron chi connectivity index (χ0n) is 24.8. The first-order chi connectivity index (χ1) is 19.0. The minimum absolute atomic E-state index is 0.00891. The summed E-state index contributed by atoms with van der Waals surface area (Å²) in [6.07, 6.45) is -1.82. The van der Waals surface area contributed by atoms with Crippen molar-refractivity contribution in [3.05, 3.63) is 23.8 Å². The number of carbonyl (C=O) groups is 3. The maximum absolute atomic E-state index is 17.5. The Bertz CT molecular complexity index is 1200. The van der Waals surface area contributed by atoms with Crippen molar-refractivity contribution in [2.45, 2.75) is 97.4 Å². The number of nitriles is 1. The number of carbonyl (C=O) groups excluding carboxylic acids is 3. The summed E-state index contributed by atoms with van der Waals surface area (Å²) in [5.41, 5.74) is -7.40. The molecule has 0 aromatic rings. The molecule has 3 saturated carbocycles. The minimum Gasteiger partial charge on any atom is -0.447 e. The van der Waals surface area contributed by atoms with E-state index in [1.54, 1.807) is 19.9 Å². The molecule has 1 N–H and O–H groups in total. The third kappa shape index (κ3) is 4.33. The summed E-state index contributed by atoms with van der Waals surface area (Å²) in [6, 6.07) is 1.74. The second kappa shape index (κ2) is 10.5. The number of rotatable bonds is 6. The molecule has 4 rings (SSSR count). The summed E-state index contributed by atoms with van der Waals surface area (Å²) in [5, 5.41) is 20.7. The Balaban J connectivity index is 1.81. The van der Waals surface area contributed by atoms with Gasteiger partial charge in [0.05, 0.1) is 6.10 Å². The molecule has 4 aliphatic carbocycles. The molecule has 0 spiro atoms. The van der Waals surface area contributed by atoms with Crippen LogP contribution in [0.25, 0.3) is 0 Å². The molecule has 0 heterocycles. The zero-order chi connectivity index (χ0) is 30.7. The molecule has 0 aromatic heterocycles. The van der Waals surface area contributed by atoms with Crippen LogP contribution in [0, 0.1) is 51.8 Å². The average molecular weight is 578 g/mol. The molecule has 4 aliphatic rings. The number of ether oxygens (including phenoxy) is 3. The molecule has 0 aliphatic heterocycles. The number of halogens is 2. The fraction of sp³-hybridized carbons (Fsp3) is 0.742. The Kier molecular flexibility index (Phi) is 7.96. The Hall–Kier alpha value is -2.80. The molecule has 0 unspecified atom stereocenters. The third-order valence-electron chi connectivity index (χ3n) is 10.5. The Morgan fingerprint density at radius 1 is 1.17 bits per heavy atom. The van der Waals surface area contributed by atoms with Gasteiger partial charge in [-0.25, -0.2) is 18.4 Å². The summed E-state index contributed by atoms with van der Waals surface area (Å²) in [7, 11) is 0. The molecule has 226 valence electrons. The van der Waals surface area contributed by atoms with Crippen LogP contribution in [0.2, 0.25) is 0 Å². The lowest BCUT2D eigenvalue weighted by atomic mass is 9.44. The van der Waals surface area contributed by atoms with Gasteiger partial charge in [-0.15, -0.1) is 0 Å². The van der Waals surface area contributed by atoms with Crippen LogP contribution in [0.15, 0.2) is 23.8 Å². The number of nitrogens with zero attached hydrogens (tertiary/aromatic N) is 1. The van der Waals surface area contributed by atoms with Crippen molar-refractivity contribution in [1.29, 1.82) is 5.26 Å². The van der Waals surface area contributed by atoms with Gasteiger partial charge in [0.25, 0.3) is 0 Å². The van der Waals surface area contributed by atoms with Crippen LogP contribution < -0.4 is 0 Å². The van der Waals surface area contributed by atoms with Gasteiger partial charge in [0.15, 0.2) is 18.1 Å². The molecule has 10 heteroatoms. The largest absolute Gasteiger partial charge is 0.509 e. The zero-order valence-corrected chi connectivity index (χ0v) is 24.8. The molecule has 3 fully saturated rings. The van der Waals surface area contributed by atoms with Crippen molar-refractivity contribution in [3.63, 3.8) is 0 Å². The first-order valence-electron chi connectivity index (χ1n) is 14.4. The maximum Gasteiger partial charge on any atom is 0.509 e. The van der Waals surface area contributed by atoms with Gasteiger partial charge in [-0.3, -0.25) is 4.79 Å². The van der Waals surface area contributed by atoms with Gasteiger partial charge in [0.2, 0.25) is 5.60 Å². The van der Waals surface area contributed by atoms with E-state index in [4.69, 9.17) is 19.5 Å². The van der Waals surface area contributed by atoms with Gasteiger partial charge in [-0.1, -0.05) is 47.6 Å². The highest BCUT2D eigenvalue weighted by molar-refractivity contribution is 6.01. The first kappa shape index (κ1) is 31.1. The number of hydrogen-bond acceptors (Lipinski definition) is 8. The lowest BCUT2D eigenvalue weighted by Gasteiger charge is -2.62. The van der Waals surface area contributed by atoms with E-state index in [0.29, 0.717) is 0 Å². The standard InChI is InChI=1S/C31H41F2NO7/c1-16(2)25(17(3)4)40-27(38)41-31(26(37)39-11-10-34)18(5)12-20-21-14-23(32)22-13-19(35)8-9-28(22,6)30(21,33)24(36)15-29(20,31)7/h8-9,13,16-18,20-21,23-25,36H,11-12,14-15H2,1-7H3/t18-,20+,21+,23+,24+,28+,29+,30+,31+/m1/s1. The SMILES string of the molecule is CC(C)C(OC(=O)O[C@]1(C(=O)OCC#N)[C@H](C)C[C@H]2[C@@H]3C[C@H](F)C4=CC(=O)C=C[C@]4(C)[C@@]3(F)[C@@H](O)C[C@@]21C)C(C)C. The van der Waals surface area contributed by atoms with Crippen molar-refractivity contribution >= 4 is 17.9 Å². The average Bonchev–Trinajstić information content (AvgIpc) is 3.10. The number of ketones is 1. The van der Waals surface area contributed by atoms with E-state index in [2.05, 4.69) is 0 Å². The topological polar surface area (TPSA) is 123 Å². The van der Waals surface area contributed by atoms with Gasteiger partial charge < -0.3 is 19.3 Å². The van der Waals surface area contributed by atoms with Crippen molar-refractivity contribution in [2.75, 3.05) is 6.61 Å². The molecule has 41 heavy (non-hydrogen) atoms. The molecule has 0 amide bonds. The van der Waals surface area contributed by atoms with Gasteiger partial charge in [-0.05, 0) is 61.7 Å². The van der Waals surface area contributed by atoms with Crippen LogP contribution in [0.1, 0.15) is 67.7 Å². The molecule has 0 saturated heterocycles. The molecule has 0 radical (unpaired) electrons. The highest BCUT2D eigenvalue weighted by atomic mass is 19.1. The van der Waals surface area contributed by atoms with Gasteiger partial charge in [-0.2, -0.15) is 5.26 Å². The fourth-order valence-electron chi connectivity index (χ4n) is 8.73. The quantitative estimate of drug-likeness (QED) is 0.428. The van der Waals surface area contributed by atoms with Crippen LogP contribution in [0.4, 0.5) is 13.6 Å². The normalized spacial score (nSPS) is 41.3. The van der Waals surface area contributed by atoms with E-state index in [9.17, 15) is 19.5 Å². The monoisotopic (exact) mass is 577 g/mol. The third-order valence-corrected chi connectivity index (χ3v) is 10.5. The van der Waals surface area contributed by atoms with Crippen LogP contribution >= 0.6 is 0 Å². The van der Waals surface area contributed by atoms with Crippen LogP contribution in [-0.4, -0.2) is 59.3 Å². The van der Waals surface area contributed by atoms with Crippen molar-refractivity contribution < 1.29 is 42.5 Å². The van der Waals surface area contributed by atoms with E-state index in [0.717, 1.165) is 6.08 Å². The molecule has 8 nitrogen and oxygen atoms in total.